The molecule has 2 aromatic carbocycles. The van der Waals surface area contributed by atoms with Gasteiger partial charge < -0.3 is 14.8 Å². The second-order valence-corrected chi connectivity index (χ2v) is 5.21. The number of ether oxygens (including phenoxy) is 2. The van der Waals surface area contributed by atoms with Crippen molar-refractivity contribution in [1.82, 2.24) is 5.32 Å². The van der Waals surface area contributed by atoms with E-state index in [2.05, 4.69) is 5.32 Å². The van der Waals surface area contributed by atoms with Gasteiger partial charge >= 0.3 is 0 Å². The Bertz CT molecular complexity index is 706. The number of benzene rings is 2. The van der Waals surface area contributed by atoms with Crippen molar-refractivity contribution in [3.63, 3.8) is 0 Å². The van der Waals surface area contributed by atoms with Gasteiger partial charge in [-0.15, -0.1) is 0 Å². The van der Waals surface area contributed by atoms with Crippen LogP contribution in [0, 0.1) is 11.6 Å². The number of para-hydroxylation sites is 2. The first-order valence-electron chi connectivity index (χ1n) is 7.51. The molecule has 0 saturated carbocycles. The maximum absolute atomic E-state index is 13.2. The highest BCUT2D eigenvalue weighted by Gasteiger charge is 2.12. The minimum Gasteiger partial charge on any atom is -0.493 e. The van der Waals surface area contributed by atoms with E-state index in [-0.39, 0.29) is 18.9 Å². The molecule has 0 aliphatic heterocycles. The molecule has 1 atom stereocenters. The summed E-state index contributed by atoms with van der Waals surface area (Å²) in [6.07, 6.45) is 0.131. The Labute approximate surface area is 139 Å². The van der Waals surface area contributed by atoms with Crippen molar-refractivity contribution in [2.24, 2.45) is 0 Å². The molecule has 1 unspecified atom stereocenters. The average Bonchev–Trinajstić information content (AvgIpc) is 2.57. The SMILES string of the molecule is COc1ccccc1OCCC(=O)NC(C)c1ccc(F)c(F)c1. The number of amides is 1. The number of halogens is 2. The zero-order valence-corrected chi connectivity index (χ0v) is 13.5. The van der Waals surface area contributed by atoms with E-state index >= 15 is 0 Å². The normalized spacial score (nSPS) is 11.7. The summed E-state index contributed by atoms with van der Waals surface area (Å²) in [6, 6.07) is 10.3. The fourth-order valence-corrected chi connectivity index (χ4v) is 2.17. The third-order valence-corrected chi connectivity index (χ3v) is 3.48. The molecule has 6 heteroatoms. The molecular formula is C18H19F2NO3. The molecule has 0 spiro atoms. The van der Waals surface area contributed by atoms with E-state index in [1.54, 1.807) is 26.2 Å². The summed E-state index contributed by atoms with van der Waals surface area (Å²) in [4.78, 5) is 11.9. The largest absolute Gasteiger partial charge is 0.493 e. The second-order valence-electron chi connectivity index (χ2n) is 5.21. The Morgan fingerprint density at radius 2 is 1.83 bits per heavy atom. The molecule has 0 aromatic heterocycles. The number of hydrogen-bond acceptors (Lipinski definition) is 3. The lowest BCUT2D eigenvalue weighted by atomic mass is 10.1. The number of nitrogens with one attached hydrogen (secondary N) is 1. The van der Waals surface area contributed by atoms with Gasteiger partial charge in [0, 0.05) is 0 Å². The molecule has 0 radical (unpaired) electrons. The van der Waals surface area contributed by atoms with Gasteiger partial charge in [-0.25, -0.2) is 8.78 Å². The summed E-state index contributed by atoms with van der Waals surface area (Å²) in [6.45, 7) is 1.88. The Morgan fingerprint density at radius 3 is 2.50 bits per heavy atom. The third kappa shape index (κ3) is 4.68. The van der Waals surface area contributed by atoms with Crippen LogP contribution in [0.25, 0.3) is 0 Å². The van der Waals surface area contributed by atoms with E-state index in [0.29, 0.717) is 17.1 Å². The molecule has 0 fully saturated rings. The predicted molar refractivity (Wildman–Crippen MR) is 86.0 cm³/mol. The standard InChI is InChI=1S/C18H19F2NO3/c1-12(13-7-8-14(19)15(20)11-13)21-18(22)9-10-24-17-6-4-3-5-16(17)23-2/h3-8,11-12H,9-10H2,1-2H3,(H,21,22). The van der Waals surface area contributed by atoms with Crippen LogP contribution >= 0.6 is 0 Å². The maximum atomic E-state index is 13.2. The number of rotatable bonds is 7. The molecule has 4 nitrogen and oxygen atoms in total. The zero-order valence-electron chi connectivity index (χ0n) is 13.5. The fraction of sp³-hybridized carbons (Fsp3) is 0.278. The van der Waals surface area contributed by atoms with Gasteiger partial charge in [0.05, 0.1) is 26.2 Å². The topological polar surface area (TPSA) is 47.6 Å². The van der Waals surface area contributed by atoms with Gasteiger partial charge in [-0.1, -0.05) is 18.2 Å². The molecule has 0 aliphatic carbocycles. The number of carbonyl (C=O) groups is 1. The van der Waals surface area contributed by atoms with E-state index in [1.165, 1.54) is 6.07 Å². The number of carbonyl (C=O) groups excluding carboxylic acids is 1. The molecule has 1 amide bonds. The van der Waals surface area contributed by atoms with Crippen LogP contribution in [0.1, 0.15) is 24.9 Å². The summed E-state index contributed by atoms with van der Waals surface area (Å²) in [7, 11) is 1.54. The zero-order chi connectivity index (χ0) is 17.5. The molecule has 24 heavy (non-hydrogen) atoms. The highest BCUT2D eigenvalue weighted by atomic mass is 19.2. The monoisotopic (exact) mass is 335 g/mol. The van der Waals surface area contributed by atoms with Gasteiger partial charge in [-0.05, 0) is 36.8 Å². The van der Waals surface area contributed by atoms with E-state index in [4.69, 9.17) is 9.47 Å². The van der Waals surface area contributed by atoms with Crippen molar-refractivity contribution in [3.8, 4) is 11.5 Å². The summed E-state index contributed by atoms with van der Waals surface area (Å²) < 4.78 is 36.8. The lowest BCUT2D eigenvalue weighted by Crippen LogP contribution is -2.28. The second kappa shape index (κ2) is 8.29. The highest BCUT2D eigenvalue weighted by molar-refractivity contribution is 5.76. The Hall–Kier alpha value is -2.63. The summed E-state index contributed by atoms with van der Waals surface area (Å²) >= 11 is 0. The van der Waals surface area contributed by atoms with Gasteiger partial charge in [-0.3, -0.25) is 4.79 Å². The maximum Gasteiger partial charge on any atom is 0.223 e. The van der Waals surface area contributed by atoms with Crippen LogP contribution in [0.3, 0.4) is 0 Å². The van der Waals surface area contributed by atoms with Gasteiger partial charge in [0.15, 0.2) is 23.1 Å². The smallest absolute Gasteiger partial charge is 0.223 e. The molecule has 2 aromatic rings. The minimum atomic E-state index is -0.937. The first-order chi connectivity index (χ1) is 11.5. The van der Waals surface area contributed by atoms with Crippen molar-refractivity contribution >= 4 is 5.91 Å². The molecule has 1 N–H and O–H groups in total. The molecule has 0 heterocycles. The minimum absolute atomic E-state index is 0.131. The van der Waals surface area contributed by atoms with Crippen molar-refractivity contribution in [2.75, 3.05) is 13.7 Å². The quantitative estimate of drug-likeness (QED) is 0.841. The molecule has 128 valence electrons. The van der Waals surface area contributed by atoms with Gasteiger partial charge in [0.2, 0.25) is 5.91 Å². The van der Waals surface area contributed by atoms with Crippen molar-refractivity contribution in [1.29, 1.82) is 0 Å². The van der Waals surface area contributed by atoms with Gasteiger partial charge in [0.25, 0.3) is 0 Å². The van der Waals surface area contributed by atoms with Crippen molar-refractivity contribution in [3.05, 3.63) is 59.7 Å². The van der Waals surface area contributed by atoms with Crippen LogP contribution in [0.15, 0.2) is 42.5 Å². The molecule has 0 bridgehead atoms. The molecule has 0 aliphatic rings. The Balaban J connectivity index is 1.83. The van der Waals surface area contributed by atoms with Crippen molar-refractivity contribution in [2.45, 2.75) is 19.4 Å². The Morgan fingerprint density at radius 1 is 1.12 bits per heavy atom. The van der Waals surface area contributed by atoms with Crippen LogP contribution in [0.5, 0.6) is 11.5 Å². The van der Waals surface area contributed by atoms with E-state index in [1.807, 2.05) is 12.1 Å². The van der Waals surface area contributed by atoms with Crippen molar-refractivity contribution < 1.29 is 23.0 Å². The first-order valence-corrected chi connectivity index (χ1v) is 7.51. The van der Waals surface area contributed by atoms with E-state index in [0.717, 1.165) is 12.1 Å². The summed E-state index contributed by atoms with van der Waals surface area (Å²) in [5.41, 5.74) is 0.493. The van der Waals surface area contributed by atoms with Crippen LogP contribution in [-0.4, -0.2) is 19.6 Å². The Kier molecular flexibility index (Phi) is 6.12. The van der Waals surface area contributed by atoms with Crippen LogP contribution < -0.4 is 14.8 Å². The van der Waals surface area contributed by atoms with Crippen LogP contribution in [0.4, 0.5) is 8.78 Å². The van der Waals surface area contributed by atoms with E-state index < -0.39 is 17.7 Å². The lowest BCUT2D eigenvalue weighted by Gasteiger charge is -2.15. The number of hydrogen-bond donors (Lipinski definition) is 1. The molecule has 2 rings (SSSR count). The summed E-state index contributed by atoms with van der Waals surface area (Å²) in [5, 5.41) is 2.72. The van der Waals surface area contributed by atoms with Gasteiger partial charge in [-0.2, -0.15) is 0 Å². The highest BCUT2D eigenvalue weighted by Crippen LogP contribution is 2.25. The average molecular weight is 335 g/mol. The summed E-state index contributed by atoms with van der Waals surface area (Å²) in [5.74, 6) is -0.952. The fourth-order valence-electron chi connectivity index (χ4n) is 2.17. The number of methoxy groups -OCH3 is 1. The van der Waals surface area contributed by atoms with E-state index in [9.17, 15) is 13.6 Å². The lowest BCUT2D eigenvalue weighted by molar-refractivity contribution is -0.122. The first kappa shape index (κ1) is 17.7. The predicted octanol–water partition coefficient (Wildman–Crippen LogP) is 3.62. The molecule has 0 saturated heterocycles. The van der Waals surface area contributed by atoms with Crippen LogP contribution in [-0.2, 0) is 4.79 Å². The van der Waals surface area contributed by atoms with Gasteiger partial charge in [0.1, 0.15) is 0 Å². The third-order valence-electron chi connectivity index (χ3n) is 3.48. The molecular weight excluding hydrogens is 316 g/mol. The van der Waals surface area contributed by atoms with Crippen LogP contribution in [0.2, 0.25) is 0 Å².